The van der Waals surface area contributed by atoms with Crippen LogP contribution in [0.25, 0.3) is 22.3 Å². The number of aromatic nitrogens is 2. The number of hydrogen-bond acceptors (Lipinski definition) is 16. The van der Waals surface area contributed by atoms with Crippen molar-refractivity contribution in [2.24, 2.45) is 23.5 Å². The Labute approximate surface area is 370 Å². The summed E-state index contributed by atoms with van der Waals surface area (Å²) in [4.78, 5) is 83.4. The number of halogens is 1. The minimum atomic E-state index is -2.05. The number of carbonyl (C=O) groups excluding carboxylic acids is 5. The third kappa shape index (κ3) is 8.71. The number of rotatable bonds is 16. The number of aryl methyl sites for hydroxylation is 1. The molecule has 22 heteroatoms. The van der Waals surface area contributed by atoms with Gasteiger partial charge >= 0.3 is 5.97 Å². The fraction of sp³-hybridized carbons (Fsp3) is 0.558. The van der Waals surface area contributed by atoms with Gasteiger partial charge in [0.25, 0.3) is 5.56 Å². The Hall–Kier alpha value is -5.46. The number of carbonyl (C=O) groups is 5. The number of nitrogens with two attached hydrogens (primary N) is 1. The van der Waals surface area contributed by atoms with Crippen LogP contribution >= 0.6 is 0 Å². The number of aliphatic hydroxyl groups is 5. The van der Waals surface area contributed by atoms with Gasteiger partial charge in [0.1, 0.15) is 50.2 Å². The molecular formula is C43H53FN6O15. The van der Waals surface area contributed by atoms with Gasteiger partial charge in [0.05, 0.1) is 66.6 Å². The van der Waals surface area contributed by atoms with Crippen LogP contribution in [-0.4, -0.2) is 128 Å². The molecule has 3 aliphatic heterocycles. The van der Waals surface area contributed by atoms with Gasteiger partial charge in [-0.25, -0.2) is 14.2 Å². The van der Waals surface area contributed by atoms with Crippen LogP contribution in [-0.2, 0) is 68.1 Å². The quantitative estimate of drug-likeness (QED) is 0.0334. The molecule has 0 radical (unpaired) electrons. The number of amides is 4. The number of aliphatic hydroxyl groups excluding tert-OH is 4. The number of cyclic esters (lactones) is 1. The molecule has 0 spiro atoms. The lowest BCUT2D eigenvalue weighted by molar-refractivity contribution is -0.303. The largest absolute Gasteiger partial charge is 0.458 e. The topological polar surface area (TPSA) is 320 Å². The second-order valence-electron chi connectivity index (χ2n) is 17.1. The van der Waals surface area contributed by atoms with E-state index in [9.17, 15) is 54.3 Å². The summed E-state index contributed by atoms with van der Waals surface area (Å²) in [5.41, 5.74) is 6.68. The Morgan fingerprint density at radius 1 is 1.06 bits per heavy atom. The molecule has 1 saturated heterocycles. The van der Waals surface area contributed by atoms with Gasteiger partial charge in [-0.1, -0.05) is 20.8 Å². The maximum atomic E-state index is 15.3. The Balaban J connectivity index is 0.995. The minimum Gasteiger partial charge on any atom is -0.458 e. The first-order chi connectivity index (χ1) is 30.8. The van der Waals surface area contributed by atoms with Crippen molar-refractivity contribution >= 4 is 40.5 Å². The van der Waals surface area contributed by atoms with Crippen LogP contribution < -0.4 is 27.2 Å². The van der Waals surface area contributed by atoms with E-state index in [4.69, 9.17) is 29.7 Å². The van der Waals surface area contributed by atoms with Crippen molar-refractivity contribution in [3.05, 3.63) is 61.7 Å². The summed E-state index contributed by atoms with van der Waals surface area (Å²) in [6.07, 6.45) is -7.38. The lowest BCUT2D eigenvalue weighted by atomic mass is 9.81. The molecule has 352 valence electrons. The summed E-state index contributed by atoms with van der Waals surface area (Å²) in [7, 11) is 0. The van der Waals surface area contributed by atoms with Crippen molar-refractivity contribution in [1.29, 1.82) is 0 Å². The van der Waals surface area contributed by atoms with E-state index in [0.717, 1.165) is 0 Å². The number of pyridine rings is 2. The Morgan fingerprint density at radius 3 is 2.48 bits per heavy atom. The molecule has 21 nitrogen and oxygen atoms in total. The Kier molecular flexibility index (Phi) is 13.7. The van der Waals surface area contributed by atoms with Crippen LogP contribution in [0.2, 0.25) is 0 Å². The Bertz CT molecular complexity index is 2480. The van der Waals surface area contributed by atoms with Crippen molar-refractivity contribution < 1.29 is 72.8 Å². The van der Waals surface area contributed by atoms with Crippen LogP contribution in [0.4, 0.5) is 4.39 Å². The third-order valence-electron chi connectivity index (χ3n) is 12.8. The number of nitrogens with one attached hydrogen (secondary N) is 3. The van der Waals surface area contributed by atoms with Crippen molar-refractivity contribution in [3.8, 4) is 11.4 Å². The summed E-state index contributed by atoms with van der Waals surface area (Å²) in [5.74, 6) is -7.26. The molecule has 0 saturated carbocycles. The normalized spacial score (nSPS) is 25.2. The summed E-state index contributed by atoms with van der Waals surface area (Å²) in [6.45, 7) is 3.36. The number of esters is 1. The molecule has 65 heavy (non-hydrogen) atoms. The van der Waals surface area contributed by atoms with Gasteiger partial charge in [-0.2, -0.15) is 0 Å². The predicted molar refractivity (Wildman–Crippen MR) is 221 cm³/mol. The average molecular weight is 913 g/mol. The lowest BCUT2D eigenvalue weighted by Crippen LogP contribution is -2.59. The van der Waals surface area contributed by atoms with Crippen molar-refractivity contribution in [2.45, 2.75) is 102 Å². The number of fused-ring (bicyclic) bond motifs is 5. The fourth-order valence-corrected chi connectivity index (χ4v) is 9.31. The summed E-state index contributed by atoms with van der Waals surface area (Å²) >= 11 is 0. The third-order valence-corrected chi connectivity index (χ3v) is 12.8. The number of ether oxygens (including phenoxy) is 4. The van der Waals surface area contributed by atoms with Crippen molar-refractivity contribution in [1.82, 2.24) is 25.5 Å². The van der Waals surface area contributed by atoms with Gasteiger partial charge in [-0.3, -0.25) is 24.0 Å². The second-order valence-corrected chi connectivity index (χ2v) is 17.1. The van der Waals surface area contributed by atoms with Gasteiger partial charge in [0.2, 0.25) is 23.6 Å². The first kappa shape index (κ1) is 47.5. The van der Waals surface area contributed by atoms with Gasteiger partial charge in [-0.15, -0.1) is 0 Å². The molecule has 5 heterocycles. The zero-order chi connectivity index (χ0) is 47.2. The molecule has 1 fully saturated rings. The molecule has 9 atom stereocenters. The summed E-state index contributed by atoms with van der Waals surface area (Å²) < 4.78 is 38.3. The molecule has 7 rings (SSSR count). The van der Waals surface area contributed by atoms with E-state index in [1.54, 1.807) is 33.8 Å². The van der Waals surface area contributed by atoms with E-state index >= 15 is 4.39 Å². The molecule has 1 unspecified atom stereocenters. The Morgan fingerprint density at radius 2 is 1.80 bits per heavy atom. The van der Waals surface area contributed by atoms with Gasteiger partial charge in [0.15, 0.2) is 11.9 Å². The zero-order valence-electron chi connectivity index (χ0n) is 36.1. The van der Waals surface area contributed by atoms with E-state index in [1.807, 2.05) is 0 Å². The fourth-order valence-electron chi connectivity index (χ4n) is 9.31. The standard InChI is InChI=1S/C43H53FN6O15/c1-5-43(61)23-8-27-34-20(11-50(27)40(59)21(23)13-64-42(43)60)33-25(7-6-19-18(4)24(44)9-26(49-34)32(19)33)48-30(53)15-62-16-47-29(52)10-46-39(58)22(31(17(2)3)38(45)57)14-63-41-37(56)36(55)35(54)28(12-51)65-41/h8-9,17,22,25,28,31,35-37,41,51,54-56,61H,5-7,10-16H2,1-4H3,(H2,45,57)(H,46,58)(H,47,52)(H,48,53)/t22-,25+,28-,31?,35+,36+,37-,41-,43+/m1/s1. The highest BCUT2D eigenvalue weighted by Crippen LogP contribution is 2.46. The maximum Gasteiger partial charge on any atom is 0.343 e. The van der Waals surface area contributed by atoms with E-state index in [2.05, 4.69) is 16.0 Å². The first-order valence-corrected chi connectivity index (χ1v) is 21.3. The van der Waals surface area contributed by atoms with Gasteiger partial charge < -0.3 is 70.7 Å². The molecule has 0 bridgehead atoms. The van der Waals surface area contributed by atoms with Crippen LogP contribution in [0.3, 0.4) is 0 Å². The minimum absolute atomic E-state index is 0.0432. The first-order valence-electron chi connectivity index (χ1n) is 21.3. The smallest absolute Gasteiger partial charge is 0.343 e. The SMILES string of the molecule is CC[C@@]1(O)C(=O)OCc2c1cc1n(c2=O)Cc2c-1nc1cc(F)c(C)c3c1c2[C@@H](NC(=O)COCNC(=O)CNC(=O)[C@H](CO[C@@H]1O[C@H](CO)[C@H](O)[C@H](O)[C@H]1O)C(C(N)=O)C(C)C)CC3. The van der Waals surface area contributed by atoms with E-state index in [0.29, 0.717) is 57.4 Å². The predicted octanol–water partition coefficient (Wildman–Crippen LogP) is -1.97. The number of benzene rings is 1. The highest BCUT2D eigenvalue weighted by Gasteiger charge is 2.47. The molecular weight excluding hydrogens is 859 g/mol. The number of hydrogen-bond donors (Lipinski definition) is 9. The van der Waals surface area contributed by atoms with Crippen LogP contribution in [0.15, 0.2) is 16.9 Å². The van der Waals surface area contributed by atoms with Gasteiger partial charge in [0, 0.05) is 22.6 Å². The van der Waals surface area contributed by atoms with Crippen LogP contribution in [0.1, 0.15) is 73.0 Å². The summed E-state index contributed by atoms with van der Waals surface area (Å²) in [6, 6.07) is 2.21. The molecule has 1 aromatic carbocycles. The zero-order valence-corrected chi connectivity index (χ0v) is 36.1. The maximum absolute atomic E-state index is 15.3. The molecule has 3 aromatic rings. The van der Waals surface area contributed by atoms with Crippen LogP contribution in [0, 0.1) is 30.5 Å². The van der Waals surface area contributed by atoms with E-state index in [1.165, 1.54) is 10.6 Å². The molecule has 1 aliphatic carbocycles. The summed E-state index contributed by atoms with van der Waals surface area (Å²) in [5, 5.41) is 59.8. The lowest BCUT2D eigenvalue weighted by Gasteiger charge is -2.40. The average Bonchev–Trinajstić information content (AvgIpc) is 3.64. The highest BCUT2D eigenvalue weighted by molar-refractivity contribution is 5.94. The number of primary amides is 1. The second kappa shape index (κ2) is 18.8. The van der Waals surface area contributed by atoms with Gasteiger partial charge in [-0.05, 0) is 54.9 Å². The number of nitrogens with zero attached hydrogens (tertiary/aromatic N) is 2. The molecule has 10 N–H and O–H groups in total. The van der Waals surface area contributed by atoms with Crippen molar-refractivity contribution in [3.63, 3.8) is 0 Å². The van der Waals surface area contributed by atoms with E-state index < -0.39 is 134 Å². The monoisotopic (exact) mass is 912 g/mol. The van der Waals surface area contributed by atoms with Crippen molar-refractivity contribution in [2.75, 3.05) is 33.1 Å². The van der Waals surface area contributed by atoms with E-state index in [-0.39, 0.29) is 30.7 Å². The molecule has 4 amide bonds. The van der Waals surface area contributed by atoms with Crippen LogP contribution in [0.5, 0.6) is 0 Å². The highest BCUT2D eigenvalue weighted by atomic mass is 19.1. The molecule has 4 aliphatic rings. The molecule has 2 aromatic heterocycles.